The van der Waals surface area contributed by atoms with Gasteiger partial charge >= 0.3 is 5.97 Å². The summed E-state index contributed by atoms with van der Waals surface area (Å²) in [5.41, 5.74) is 3.82. The van der Waals surface area contributed by atoms with E-state index >= 15 is 0 Å². The van der Waals surface area contributed by atoms with Crippen LogP contribution in [0.4, 0.5) is 0 Å². The van der Waals surface area contributed by atoms with Gasteiger partial charge in [-0.3, -0.25) is 4.79 Å². The van der Waals surface area contributed by atoms with Crippen LogP contribution in [0.1, 0.15) is 91.9 Å². The molecule has 0 heterocycles. The van der Waals surface area contributed by atoms with E-state index in [0.29, 0.717) is 24.2 Å². The first kappa shape index (κ1) is 24.3. The van der Waals surface area contributed by atoms with Crippen LogP contribution in [0.5, 0.6) is 0 Å². The van der Waals surface area contributed by atoms with E-state index in [4.69, 9.17) is 0 Å². The van der Waals surface area contributed by atoms with Gasteiger partial charge in [0, 0.05) is 0 Å². The first-order chi connectivity index (χ1) is 14.6. The van der Waals surface area contributed by atoms with Crippen molar-refractivity contribution in [1.82, 2.24) is 0 Å². The van der Waals surface area contributed by atoms with Crippen LogP contribution < -0.4 is 0 Å². The largest absolute Gasteiger partial charge is 0.481 e. The Hall–Kier alpha value is -1.35. The van der Waals surface area contributed by atoms with Crippen molar-refractivity contribution >= 4 is 5.97 Å². The fourth-order valence-corrected chi connectivity index (χ4v) is 7.05. The number of aliphatic hydroxyl groups is 1. The average molecular weight is 429 g/mol. The highest BCUT2D eigenvalue weighted by atomic mass is 16.4. The molecule has 31 heavy (non-hydrogen) atoms. The third-order valence-corrected chi connectivity index (χ3v) is 8.67. The maximum Gasteiger partial charge on any atom is 0.306 e. The van der Waals surface area contributed by atoms with Gasteiger partial charge in [-0.25, -0.2) is 0 Å². The van der Waals surface area contributed by atoms with Gasteiger partial charge < -0.3 is 10.2 Å². The maximum atomic E-state index is 12.3. The highest BCUT2D eigenvalue weighted by Crippen LogP contribution is 2.62. The Balaban J connectivity index is 1.83. The van der Waals surface area contributed by atoms with E-state index in [9.17, 15) is 15.0 Å². The van der Waals surface area contributed by atoms with Gasteiger partial charge in [0.1, 0.15) is 0 Å². The lowest BCUT2D eigenvalue weighted by Gasteiger charge is -2.45. The zero-order valence-corrected chi connectivity index (χ0v) is 20.2. The molecular formula is C28H44O3. The number of carboxylic acid groups (broad SMARTS) is 1. The number of hydrogen-bond donors (Lipinski definition) is 2. The molecule has 2 N–H and O–H groups in total. The molecule has 0 bridgehead atoms. The molecule has 6 atom stereocenters. The van der Waals surface area contributed by atoms with Gasteiger partial charge in [-0.05, 0) is 79.6 Å². The van der Waals surface area contributed by atoms with Crippen molar-refractivity contribution in [1.29, 1.82) is 0 Å². The van der Waals surface area contributed by atoms with E-state index in [1.54, 1.807) is 0 Å². The lowest BCUT2D eigenvalue weighted by molar-refractivity contribution is -0.144. The fraction of sp³-hybridized carbons (Fsp3) is 0.750. The Morgan fingerprint density at radius 1 is 1.23 bits per heavy atom. The summed E-state index contributed by atoms with van der Waals surface area (Å²) in [7, 11) is 0. The highest BCUT2D eigenvalue weighted by molar-refractivity contribution is 5.71. The molecule has 0 amide bonds. The lowest BCUT2D eigenvalue weighted by atomic mass is 9.60. The molecule has 3 fully saturated rings. The molecule has 0 saturated heterocycles. The van der Waals surface area contributed by atoms with Gasteiger partial charge in [-0.2, -0.15) is 0 Å². The van der Waals surface area contributed by atoms with Crippen molar-refractivity contribution in [3.05, 3.63) is 35.5 Å². The molecule has 0 aromatic carbocycles. The van der Waals surface area contributed by atoms with Crippen molar-refractivity contribution in [2.45, 2.75) is 98.0 Å². The quantitative estimate of drug-likeness (QED) is 0.462. The number of allylic oxidation sites excluding steroid dienone is 4. The first-order valence-electron chi connectivity index (χ1n) is 12.6. The third kappa shape index (κ3) is 5.35. The molecule has 0 radical (unpaired) electrons. The van der Waals surface area contributed by atoms with Crippen molar-refractivity contribution in [3.8, 4) is 0 Å². The monoisotopic (exact) mass is 428 g/mol. The predicted octanol–water partition coefficient (Wildman–Crippen LogP) is 6.93. The van der Waals surface area contributed by atoms with Crippen LogP contribution in [0, 0.1) is 35.0 Å². The molecule has 0 aromatic rings. The topological polar surface area (TPSA) is 57.5 Å². The van der Waals surface area contributed by atoms with Crippen LogP contribution >= 0.6 is 0 Å². The molecule has 1 unspecified atom stereocenters. The van der Waals surface area contributed by atoms with E-state index in [0.717, 1.165) is 50.5 Å². The van der Waals surface area contributed by atoms with Crippen LogP contribution in [-0.2, 0) is 4.79 Å². The summed E-state index contributed by atoms with van der Waals surface area (Å²) in [5.74, 6) is 0.937. The van der Waals surface area contributed by atoms with Gasteiger partial charge in [0.2, 0.25) is 0 Å². The molecule has 3 rings (SSSR count). The van der Waals surface area contributed by atoms with E-state index in [1.165, 1.54) is 24.0 Å². The summed E-state index contributed by atoms with van der Waals surface area (Å²) >= 11 is 0. The minimum absolute atomic E-state index is 0.0754. The van der Waals surface area contributed by atoms with Crippen molar-refractivity contribution < 1.29 is 15.0 Å². The number of fused-ring (bicyclic) bond motifs is 1. The van der Waals surface area contributed by atoms with Crippen LogP contribution in [0.3, 0.4) is 0 Å². The molecule has 3 aliphatic carbocycles. The second kappa shape index (κ2) is 10.1. The zero-order valence-electron chi connectivity index (χ0n) is 20.2. The molecule has 174 valence electrons. The average Bonchev–Trinajstić information content (AvgIpc) is 3.02. The maximum absolute atomic E-state index is 12.3. The number of rotatable bonds is 7. The second-order valence-electron chi connectivity index (χ2n) is 11.4. The van der Waals surface area contributed by atoms with Crippen LogP contribution in [-0.4, -0.2) is 22.3 Å². The Bertz CT molecular complexity index is 731. The number of carboxylic acids is 1. The Kier molecular flexibility index (Phi) is 7.89. The van der Waals surface area contributed by atoms with Crippen molar-refractivity contribution in [3.63, 3.8) is 0 Å². The smallest absolute Gasteiger partial charge is 0.306 e. The summed E-state index contributed by atoms with van der Waals surface area (Å²) in [5, 5.41) is 20.2. The standard InChI is InChI=1S/C28H44O3/c1-18(2)8-6-9-20(4)26-24(27(30)31)17-25-21(10-7-15-28(25,26)5)12-13-22-16-23(29)14-11-19(22)3/h12-13,18,20,23-26,29H,3,6-11,14-17H2,1-2,4-5H3,(H,30,31)/b21-12+,22-13+/t20-,23+,24?,25+,26-,28+/m1/s1. The predicted molar refractivity (Wildman–Crippen MR) is 128 cm³/mol. The molecule has 3 heteroatoms. The van der Waals surface area contributed by atoms with E-state index in [-0.39, 0.29) is 23.4 Å². The molecule has 3 aliphatic rings. The van der Waals surface area contributed by atoms with Crippen molar-refractivity contribution in [2.75, 3.05) is 0 Å². The van der Waals surface area contributed by atoms with Gasteiger partial charge in [-0.1, -0.05) is 76.8 Å². The normalized spacial score (nSPS) is 37.4. The summed E-state index contributed by atoms with van der Waals surface area (Å²) in [6.45, 7) is 13.4. The highest BCUT2D eigenvalue weighted by Gasteiger charge is 2.57. The minimum atomic E-state index is -0.599. The Labute approximate surface area is 189 Å². The molecule has 0 aliphatic heterocycles. The number of aliphatic hydroxyl groups excluding tert-OH is 1. The van der Waals surface area contributed by atoms with Gasteiger partial charge in [0.05, 0.1) is 12.0 Å². The first-order valence-corrected chi connectivity index (χ1v) is 12.6. The van der Waals surface area contributed by atoms with Gasteiger partial charge in [0.15, 0.2) is 0 Å². The SMILES string of the molecule is C=C1CC[C@H](O)C/C1=C\C=C1/CCC[C@@]2(C)[C@H]1CC(C(=O)O)[C@H]2[C@H](C)CCCC(C)C. The summed E-state index contributed by atoms with van der Waals surface area (Å²) in [6, 6.07) is 0. The summed E-state index contributed by atoms with van der Waals surface area (Å²) < 4.78 is 0. The fourth-order valence-electron chi connectivity index (χ4n) is 7.05. The van der Waals surface area contributed by atoms with E-state index < -0.39 is 5.97 Å². The Morgan fingerprint density at radius 2 is 1.97 bits per heavy atom. The minimum Gasteiger partial charge on any atom is -0.481 e. The number of carbonyl (C=O) groups is 1. The molecule has 3 nitrogen and oxygen atoms in total. The third-order valence-electron chi connectivity index (χ3n) is 8.67. The summed E-state index contributed by atoms with van der Waals surface area (Å²) in [4.78, 5) is 12.3. The van der Waals surface area contributed by atoms with Crippen LogP contribution in [0.25, 0.3) is 0 Å². The van der Waals surface area contributed by atoms with Crippen molar-refractivity contribution in [2.24, 2.45) is 35.0 Å². The molecule has 3 saturated carbocycles. The van der Waals surface area contributed by atoms with E-state index in [2.05, 4.69) is 46.4 Å². The van der Waals surface area contributed by atoms with Crippen LogP contribution in [0.15, 0.2) is 35.5 Å². The number of hydrogen-bond acceptors (Lipinski definition) is 2. The lowest BCUT2D eigenvalue weighted by Crippen LogP contribution is -2.38. The number of aliphatic carboxylic acids is 1. The second-order valence-corrected chi connectivity index (χ2v) is 11.4. The molecular weight excluding hydrogens is 384 g/mol. The zero-order chi connectivity index (χ0) is 22.8. The van der Waals surface area contributed by atoms with Gasteiger partial charge in [-0.15, -0.1) is 0 Å². The summed E-state index contributed by atoms with van der Waals surface area (Å²) in [6.07, 6.45) is 14.3. The molecule has 0 spiro atoms. The molecule has 0 aromatic heterocycles. The van der Waals surface area contributed by atoms with Gasteiger partial charge in [0.25, 0.3) is 0 Å². The Morgan fingerprint density at radius 3 is 2.65 bits per heavy atom. The van der Waals surface area contributed by atoms with Crippen LogP contribution in [0.2, 0.25) is 0 Å². The van der Waals surface area contributed by atoms with E-state index in [1.807, 2.05) is 0 Å².